The van der Waals surface area contributed by atoms with Gasteiger partial charge >= 0.3 is 17.9 Å². The first-order valence-corrected chi connectivity index (χ1v) is 28.0. The monoisotopic (exact) mass is 1230 g/mol. The summed E-state index contributed by atoms with van der Waals surface area (Å²) in [5.74, 6) is -9.60. The summed E-state index contributed by atoms with van der Waals surface area (Å²) in [6.07, 6.45) is -0.140. The highest BCUT2D eigenvalue weighted by molar-refractivity contribution is 7.21. The van der Waals surface area contributed by atoms with Gasteiger partial charge in [0, 0.05) is 101 Å². The maximum atomic E-state index is 14.5. The fraction of sp³-hybridized carbons (Fsp3) is 0.464. The molecule has 6 rings (SSSR count). The standard InChI is InChI=1S/2C16H17FO6S.C14H13FO5S.C8H19N.C2H5ClO/c1-8(16(20)22-3)4-10(18)13-5-9-12(24-13)6-11(23-7-21-2)15(19)14(9)17;1-8(16(20)22-3)4-10(18)13-5-9-12(24-13)6-11(19)15(14(9)17)23-7-21-2;1-6(14(19)20-2)3-8(16)11-4-7-10(21-11)5-9(17)13(18)12(7)15;1-6-9(7(2)3)8(4)5;1-4-2-3/h2*5-6,8,19H,4,7H2,1-3H3;4-6,17-18H,3H2,1-2H3;7-8H,6H2,1-5H3;2H2,1H3/t2*8-;6-;;/m000../s1. The van der Waals surface area contributed by atoms with E-state index >= 15 is 0 Å². The number of thiophene rings is 3. The number of rotatable bonds is 22. The molecule has 0 bridgehead atoms. The highest BCUT2D eigenvalue weighted by atomic mass is 35.5. The molecule has 3 aromatic heterocycles. The van der Waals surface area contributed by atoms with Crippen LogP contribution in [0.3, 0.4) is 0 Å². The Hall–Kier alpha value is -6.32. The van der Waals surface area contributed by atoms with Crippen LogP contribution < -0.4 is 9.47 Å². The zero-order chi connectivity index (χ0) is 62.3. The van der Waals surface area contributed by atoms with Gasteiger partial charge in [0.25, 0.3) is 0 Å². The van der Waals surface area contributed by atoms with Crippen LogP contribution in [0.1, 0.15) is 104 Å². The summed E-state index contributed by atoms with van der Waals surface area (Å²) in [7, 11) is 8.06. The lowest BCUT2D eigenvalue weighted by atomic mass is 10.0. The minimum atomic E-state index is -0.971. The van der Waals surface area contributed by atoms with Gasteiger partial charge in [-0.3, -0.25) is 33.7 Å². The molecule has 0 unspecified atom stereocenters. The molecular weight excluding hydrogens is 1160 g/mol. The van der Waals surface area contributed by atoms with Gasteiger partial charge in [-0.05, 0) is 52.4 Å². The number of halogens is 4. The topological polar surface area (TPSA) is 260 Å². The van der Waals surface area contributed by atoms with Crippen molar-refractivity contribution in [3.63, 3.8) is 0 Å². The smallest absolute Gasteiger partial charge is 0.308 e. The van der Waals surface area contributed by atoms with E-state index in [1.807, 2.05) is 0 Å². The van der Waals surface area contributed by atoms with Crippen molar-refractivity contribution < 1.29 is 100 Å². The highest BCUT2D eigenvalue weighted by Gasteiger charge is 2.26. The first kappa shape index (κ1) is 71.8. The van der Waals surface area contributed by atoms with Crippen LogP contribution >= 0.6 is 45.6 Å². The molecule has 3 heterocycles. The van der Waals surface area contributed by atoms with E-state index in [1.165, 1.54) is 71.9 Å². The minimum absolute atomic E-state index is 0.0415. The summed E-state index contributed by atoms with van der Waals surface area (Å²) in [6.45, 7) is 16.7. The average molecular weight is 1230 g/mol. The highest BCUT2D eigenvalue weighted by Crippen LogP contribution is 2.42. The zero-order valence-corrected chi connectivity index (χ0v) is 51.2. The number of benzene rings is 3. The lowest BCUT2D eigenvalue weighted by Gasteiger charge is -2.28. The fourth-order valence-corrected chi connectivity index (χ4v) is 10.7. The van der Waals surface area contributed by atoms with Crippen LogP contribution in [-0.2, 0) is 42.8 Å². The molecule has 0 radical (unpaired) electrons. The van der Waals surface area contributed by atoms with Crippen molar-refractivity contribution in [2.24, 2.45) is 17.8 Å². The Morgan fingerprint density at radius 1 is 0.512 bits per heavy atom. The molecule has 0 saturated carbocycles. The first-order chi connectivity index (χ1) is 38.6. The predicted molar refractivity (Wildman–Crippen MR) is 308 cm³/mol. The maximum absolute atomic E-state index is 14.5. The number of esters is 3. The van der Waals surface area contributed by atoms with Gasteiger partial charge in [-0.25, -0.2) is 13.2 Å². The first-order valence-electron chi connectivity index (χ1n) is 25.0. The molecule has 454 valence electrons. The SMILES string of the molecule is CCN(C(C)C)C(C)C.COC(=O)[C@@H](C)CC(=O)c1cc2c(F)c(O)c(O)cc2s1.COCCl.COCOc1c(O)cc2sc(C(=O)C[C@H](C)C(=O)OC)cc2c1F.COCOc1cc2sc(C(=O)C[C@H](C)C(=O)OC)cc2c(F)c1O. The lowest BCUT2D eigenvalue weighted by Crippen LogP contribution is -2.36. The second-order valence-electron chi connectivity index (χ2n) is 18.4. The number of hydrogen-bond acceptors (Lipinski definition) is 22. The number of alkyl halides is 1. The molecule has 26 heteroatoms. The molecule has 4 N–H and O–H groups in total. The number of phenolic OH excluding ortho intramolecular Hbond substituents is 4. The minimum Gasteiger partial charge on any atom is -0.504 e. The van der Waals surface area contributed by atoms with Gasteiger partial charge in [0.1, 0.15) is 6.07 Å². The Balaban J connectivity index is 0.000000379. The van der Waals surface area contributed by atoms with Crippen LogP contribution in [0.5, 0.6) is 34.5 Å². The second kappa shape index (κ2) is 35.0. The number of hydrogen-bond donors (Lipinski definition) is 4. The maximum Gasteiger partial charge on any atom is 0.308 e. The molecule has 0 fully saturated rings. The number of carbonyl (C=O) groups excluding carboxylic acids is 6. The number of phenols is 4. The third kappa shape index (κ3) is 20.2. The lowest BCUT2D eigenvalue weighted by molar-refractivity contribution is -0.145. The molecule has 0 spiro atoms. The molecule has 0 saturated heterocycles. The Kier molecular flexibility index (Phi) is 30.6. The zero-order valence-electron chi connectivity index (χ0n) is 48.0. The fourth-order valence-electron chi connectivity index (χ4n) is 7.55. The Labute approximate surface area is 490 Å². The van der Waals surface area contributed by atoms with Gasteiger partial charge in [0.2, 0.25) is 0 Å². The van der Waals surface area contributed by atoms with E-state index in [9.17, 15) is 62.4 Å². The van der Waals surface area contributed by atoms with E-state index in [0.717, 1.165) is 40.6 Å². The molecule has 0 amide bonds. The Bertz CT molecular complexity index is 3060. The van der Waals surface area contributed by atoms with Gasteiger partial charge in [0.05, 0.1) is 53.7 Å². The van der Waals surface area contributed by atoms with E-state index < -0.39 is 70.4 Å². The molecule has 0 aliphatic carbocycles. The van der Waals surface area contributed by atoms with Crippen molar-refractivity contribution in [2.45, 2.75) is 86.7 Å². The van der Waals surface area contributed by atoms with Crippen LogP contribution in [0.2, 0.25) is 0 Å². The summed E-state index contributed by atoms with van der Waals surface area (Å²) in [5.41, 5.74) is 0. The quantitative estimate of drug-likeness (QED) is 0.0123. The van der Waals surface area contributed by atoms with Gasteiger partial charge < -0.3 is 58.3 Å². The third-order valence-corrected chi connectivity index (χ3v) is 15.3. The summed E-state index contributed by atoms with van der Waals surface area (Å²) < 4.78 is 81.3. The Morgan fingerprint density at radius 2 is 0.854 bits per heavy atom. The van der Waals surface area contributed by atoms with Gasteiger partial charge in [-0.15, -0.1) is 34.0 Å². The normalized spacial score (nSPS) is 12.0. The van der Waals surface area contributed by atoms with Crippen LogP contribution in [0.15, 0.2) is 36.4 Å². The summed E-state index contributed by atoms with van der Waals surface area (Å²) in [5, 5.41) is 38.7. The van der Waals surface area contributed by atoms with E-state index in [4.69, 9.17) is 30.5 Å². The molecule has 6 aromatic rings. The second-order valence-corrected chi connectivity index (χ2v) is 21.8. The predicted octanol–water partition coefficient (Wildman–Crippen LogP) is 12.0. The van der Waals surface area contributed by atoms with E-state index in [0.29, 0.717) is 42.0 Å². The Morgan fingerprint density at radius 3 is 1.18 bits per heavy atom. The number of fused-ring (bicyclic) bond motifs is 3. The van der Waals surface area contributed by atoms with Crippen molar-refractivity contribution in [3.05, 3.63) is 68.5 Å². The largest absolute Gasteiger partial charge is 0.504 e. The number of aromatic hydroxyl groups is 4. The van der Waals surface area contributed by atoms with Crippen molar-refractivity contribution in [1.82, 2.24) is 4.90 Å². The molecule has 0 aliphatic heterocycles. The van der Waals surface area contributed by atoms with E-state index in [-0.39, 0.29) is 88.5 Å². The van der Waals surface area contributed by atoms with Crippen molar-refractivity contribution in [2.75, 3.05) is 68.9 Å². The molecule has 3 atom stereocenters. The number of methoxy groups -OCH3 is 6. The molecule has 0 aliphatic rings. The van der Waals surface area contributed by atoms with Gasteiger partial charge in [-0.1, -0.05) is 39.3 Å². The number of Topliss-reactive ketones (excluding diaryl/α,β-unsaturated/α-hetero) is 3. The van der Waals surface area contributed by atoms with Crippen LogP contribution in [-0.4, -0.2) is 142 Å². The number of ether oxygens (including phenoxy) is 8. The van der Waals surface area contributed by atoms with Crippen molar-refractivity contribution >= 4 is 111 Å². The summed E-state index contributed by atoms with van der Waals surface area (Å²) in [4.78, 5) is 74.0. The summed E-state index contributed by atoms with van der Waals surface area (Å²) in [6, 6.07) is 9.69. The third-order valence-electron chi connectivity index (χ3n) is 11.7. The molecular formula is C56H71ClF3NO18S3. The van der Waals surface area contributed by atoms with Crippen molar-refractivity contribution in [3.8, 4) is 34.5 Å². The van der Waals surface area contributed by atoms with Crippen molar-refractivity contribution in [1.29, 1.82) is 0 Å². The number of carbonyl (C=O) groups is 6. The van der Waals surface area contributed by atoms with E-state index in [1.54, 1.807) is 27.9 Å². The number of nitrogens with zero attached hydrogens (tertiary/aromatic N) is 1. The average Bonchev–Trinajstić information content (AvgIpc) is 4.38. The van der Waals surface area contributed by atoms with Crippen LogP contribution in [0, 0.1) is 35.2 Å². The van der Waals surface area contributed by atoms with Gasteiger partial charge in [-0.2, -0.15) is 0 Å². The van der Waals surface area contributed by atoms with Gasteiger partial charge in [0.15, 0.2) is 82.9 Å². The molecule has 19 nitrogen and oxygen atoms in total. The van der Waals surface area contributed by atoms with E-state index in [2.05, 4.69) is 58.5 Å². The summed E-state index contributed by atoms with van der Waals surface area (Å²) >= 11 is 8.06. The van der Waals surface area contributed by atoms with Crippen LogP contribution in [0.4, 0.5) is 13.2 Å². The molecule has 3 aromatic carbocycles. The van der Waals surface area contributed by atoms with Crippen LogP contribution in [0.25, 0.3) is 30.3 Å². The number of ketones is 3. The molecule has 82 heavy (non-hydrogen) atoms.